The standard InChI is InChI=1S/C9H11BrN2/c1-9(2)4-6-3-7(10)5-11-8(6)12-9/h3,5H,4H2,1-2H3,(H,11,12). The third-order valence-electron chi connectivity index (χ3n) is 2.02. The van der Waals surface area contributed by atoms with E-state index in [1.165, 1.54) is 5.56 Å². The molecule has 2 heterocycles. The topological polar surface area (TPSA) is 24.9 Å². The molecule has 0 saturated carbocycles. The van der Waals surface area contributed by atoms with Crippen LogP contribution in [0, 0.1) is 0 Å². The first-order chi connectivity index (χ1) is 5.57. The molecular weight excluding hydrogens is 216 g/mol. The second-order valence-electron chi connectivity index (χ2n) is 3.85. The molecule has 0 amide bonds. The largest absolute Gasteiger partial charge is 0.365 e. The van der Waals surface area contributed by atoms with Crippen molar-refractivity contribution in [3.8, 4) is 0 Å². The Labute approximate surface area is 80.5 Å². The summed E-state index contributed by atoms with van der Waals surface area (Å²) < 4.78 is 1.06. The minimum Gasteiger partial charge on any atom is -0.365 e. The highest BCUT2D eigenvalue weighted by Gasteiger charge is 2.28. The molecule has 0 unspecified atom stereocenters. The van der Waals surface area contributed by atoms with Gasteiger partial charge in [0, 0.05) is 16.2 Å². The van der Waals surface area contributed by atoms with Gasteiger partial charge in [0.15, 0.2) is 0 Å². The molecule has 3 heteroatoms. The molecule has 2 rings (SSSR count). The van der Waals surface area contributed by atoms with E-state index in [-0.39, 0.29) is 5.54 Å². The summed E-state index contributed by atoms with van der Waals surface area (Å²) in [7, 11) is 0. The third-order valence-corrected chi connectivity index (χ3v) is 2.46. The molecule has 2 nitrogen and oxygen atoms in total. The van der Waals surface area contributed by atoms with Crippen LogP contribution in [0.25, 0.3) is 0 Å². The van der Waals surface area contributed by atoms with Gasteiger partial charge in [0.25, 0.3) is 0 Å². The molecule has 12 heavy (non-hydrogen) atoms. The molecule has 0 saturated heterocycles. The zero-order valence-corrected chi connectivity index (χ0v) is 8.77. The second kappa shape index (κ2) is 2.46. The summed E-state index contributed by atoms with van der Waals surface area (Å²) in [5, 5.41) is 3.37. The maximum atomic E-state index is 4.30. The second-order valence-corrected chi connectivity index (χ2v) is 4.76. The highest BCUT2D eigenvalue weighted by molar-refractivity contribution is 9.10. The van der Waals surface area contributed by atoms with Gasteiger partial charge in [-0.2, -0.15) is 0 Å². The number of fused-ring (bicyclic) bond motifs is 1. The zero-order valence-electron chi connectivity index (χ0n) is 7.19. The Kier molecular flexibility index (Phi) is 1.65. The summed E-state index contributed by atoms with van der Waals surface area (Å²) in [6.45, 7) is 4.37. The fourth-order valence-corrected chi connectivity index (χ4v) is 1.95. The Hall–Kier alpha value is -0.570. The lowest BCUT2D eigenvalue weighted by Crippen LogP contribution is -2.27. The van der Waals surface area contributed by atoms with Gasteiger partial charge < -0.3 is 5.32 Å². The Morgan fingerprint density at radius 2 is 2.33 bits per heavy atom. The number of halogens is 1. The molecule has 0 bridgehead atoms. The minimum absolute atomic E-state index is 0.163. The van der Waals surface area contributed by atoms with Crippen molar-refractivity contribution in [3.05, 3.63) is 22.3 Å². The molecule has 1 aliphatic rings. The fraction of sp³-hybridized carbons (Fsp3) is 0.444. The van der Waals surface area contributed by atoms with E-state index in [9.17, 15) is 0 Å². The lowest BCUT2D eigenvalue weighted by Gasteiger charge is -2.17. The molecule has 0 atom stereocenters. The van der Waals surface area contributed by atoms with Gasteiger partial charge in [-0.05, 0) is 47.8 Å². The summed E-state index contributed by atoms with van der Waals surface area (Å²) in [5.41, 5.74) is 1.46. The van der Waals surface area contributed by atoms with E-state index in [2.05, 4.69) is 46.1 Å². The first-order valence-electron chi connectivity index (χ1n) is 3.99. The molecule has 1 N–H and O–H groups in total. The van der Waals surface area contributed by atoms with E-state index in [0.717, 1.165) is 16.7 Å². The Morgan fingerprint density at radius 1 is 1.58 bits per heavy atom. The highest BCUT2D eigenvalue weighted by atomic mass is 79.9. The van der Waals surface area contributed by atoms with Crippen LogP contribution in [-0.4, -0.2) is 10.5 Å². The van der Waals surface area contributed by atoms with Gasteiger partial charge in [-0.25, -0.2) is 4.98 Å². The van der Waals surface area contributed by atoms with Crippen LogP contribution >= 0.6 is 15.9 Å². The van der Waals surface area contributed by atoms with Crippen molar-refractivity contribution in [1.82, 2.24) is 4.98 Å². The van der Waals surface area contributed by atoms with Gasteiger partial charge in [0.1, 0.15) is 5.82 Å². The van der Waals surface area contributed by atoms with Crippen molar-refractivity contribution in [2.75, 3.05) is 5.32 Å². The van der Waals surface area contributed by atoms with Gasteiger partial charge in [-0.15, -0.1) is 0 Å². The minimum atomic E-state index is 0.163. The first-order valence-corrected chi connectivity index (χ1v) is 4.79. The lowest BCUT2D eigenvalue weighted by molar-refractivity contribution is 0.593. The van der Waals surface area contributed by atoms with E-state index < -0.39 is 0 Å². The number of hydrogen-bond donors (Lipinski definition) is 1. The van der Waals surface area contributed by atoms with Crippen molar-refractivity contribution >= 4 is 21.7 Å². The molecule has 0 radical (unpaired) electrons. The normalized spacial score (nSPS) is 18.6. The number of rotatable bonds is 0. The van der Waals surface area contributed by atoms with Crippen molar-refractivity contribution < 1.29 is 0 Å². The fourth-order valence-electron chi connectivity index (χ4n) is 1.57. The SMILES string of the molecule is CC1(C)Cc2cc(Br)cnc2N1. The molecule has 0 spiro atoms. The number of nitrogens with zero attached hydrogens (tertiary/aromatic N) is 1. The predicted molar refractivity (Wildman–Crippen MR) is 53.3 cm³/mol. The number of nitrogens with one attached hydrogen (secondary N) is 1. The van der Waals surface area contributed by atoms with E-state index in [1.54, 1.807) is 0 Å². The monoisotopic (exact) mass is 226 g/mol. The summed E-state index contributed by atoms with van der Waals surface area (Å²) in [6, 6.07) is 2.13. The molecule has 0 aromatic carbocycles. The summed E-state index contributed by atoms with van der Waals surface area (Å²) in [4.78, 5) is 4.30. The third kappa shape index (κ3) is 1.33. The van der Waals surface area contributed by atoms with Gasteiger partial charge in [-0.3, -0.25) is 0 Å². The van der Waals surface area contributed by atoms with E-state index in [4.69, 9.17) is 0 Å². The zero-order chi connectivity index (χ0) is 8.77. The first kappa shape index (κ1) is 8.05. The number of hydrogen-bond acceptors (Lipinski definition) is 2. The maximum Gasteiger partial charge on any atom is 0.129 e. The van der Waals surface area contributed by atoms with Gasteiger partial charge in [0.05, 0.1) is 0 Å². The molecule has 1 aliphatic heterocycles. The van der Waals surface area contributed by atoms with Crippen LogP contribution in [-0.2, 0) is 6.42 Å². The average molecular weight is 227 g/mol. The quantitative estimate of drug-likeness (QED) is 0.736. The van der Waals surface area contributed by atoms with Crippen LogP contribution in [0.3, 0.4) is 0 Å². The average Bonchev–Trinajstić information content (AvgIpc) is 2.21. The van der Waals surface area contributed by atoms with Gasteiger partial charge in [-0.1, -0.05) is 0 Å². The summed E-state index contributed by atoms with van der Waals surface area (Å²) in [5.74, 6) is 1.03. The van der Waals surface area contributed by atoms with Crippen molar-refractivity contribution in [2.24, 2.45) is 0 Å². The maximum absolute atomic E-state index is 4.30. The molecule has 0 fully saturated rings. The van der Waals surface area contributed by atoms with E-state index in [0.29, 0.717) is 0 Å². The molecule has 1 aromatic rings. The molecule has 64 valence electrons. The highest BCUT2D eigenvalue weighted by Crippen LogP contribution is 2.31. The van der Waals surface area contributed by atoms with Gasteiger partial charge >= 0.3 is 0 Å². The van der Waals surface area contributed by atoms with Gasteiger partial charge in [0.2, 0.25) is 0 Å². The number of aromatic nitrogens is 1. The molecule has 1 aromatic heterocycles. The van der Waals surface area contributed by atoms with Crippen LogP contribution in [0.4, 0.5) is 5.82 Å². The van der Waals surface area contributed by atoms with Crippen LogP contribution in [0.5, 0.6) is 0 Å². The Bertz CT molecular complexity index is 320. The van der Waals surface area contributed by atoms with Crippen molar-refractivity contribution in [1.29, 1.82) is 0 Å². The Balaban J connectivity index is 2.43. The van der Waals surface area contributed by atoms with Crippen LogP contribution in [0.2, 0.25) is 0 Å². The number of pyridine rings is 1. The van der Waals surface area contributed by atoms with Crippen molar-refractivity contribution in [2.45, 2.75) is 25.8 Å². The van der Waals surface area contributed by atoms with Crippen molar-refractivity contribution in [3.63, 3.8) is 0 Å². The molecule has 0 aliphatic carbocycles. The van der Waals surface area contributed by atoms with Crippen LogP contribution < -0.4 is 5.32 Å². The lowest BCUT2D eigenvalue weighted by atomic mass is 10.0. The predicted octanol–water partition coefficient (Wildman–Crippen LogP) is 2.59. The Morgan fingerprint density at radius 3 is 3.08 bits per heavy atom. The van der Waals surface area contributed by atoms with Crippen LogP contribution in [0.1, 0.15) is 19.4 Å². The smallest absolute Gasteiger partial charge is 0.129 e. The number of anilines is 1. The van der Waals surface area contributed by atoms with E-state index >= 15 is 0 Å². The summed E-state index contributed by atoms with van der Waals surface area (Å²) in [6.07, 6.45) is 2.88. The molecular formula is C9H11BrN2. The summed E-state index contributed by atoms with van der Waals surface area (Å²) >= 11 is 3.41. The van der Waals surface area contributed by atoms with Crippen LogP contribution in [0.15, 0.2) is 16.7 Å². The van der Waals surface area contributed by atoms with E-state index in [1.807, 2.05) is 6.20 Å².